The van der Waals surface area contributed by atoms with Gasteiger partial charge in [-0.1, -0.05) is 0 Å². The van der Waals surface area contributed by atoms with Crippen molar-refractivity contribution in [2.75, 3.05) is 44.9 Å². The molecule has 30 heavy (non-hydrogen) atoms. The van der Waals surface area contributed by atoms with Crippen molar-refractivity contribution in [2.45, 2.75) is 26.4 Å². The van der Waals surface area contributed by atoms with Crippen LogP contribution in [-0.4, -0.2) is 51.5 Å². The molecule has 0 radical (unpaired) electrons. The van der Waals surface area contributed by atoms with Gasteiger partial charge in [0.25, 0.3) is 5.91 Å². The molecule has 1 amide bonds. The standard InChI is InChI=1S/C23H29N3O4/c1-3-28-20-7-5-19(6-8-20)24-23(27)17(2)26-12-10-25(11-13-26)15-18-4-9-21-22(14-18)30-16-29-21/h4-9,14,17H,3,10-13,15-16H2,1-2H3,(H,24,27)/p+2/t17-/m1/s1. The highest BCUT2D eigenvalue weighted by molar-refractivity contribution is 5.93. The number of amides is 1. The van der Waals surface area contributed by atoms with Gasteiger partial charge in [-0.2, -0.15) is 0 Å². The van der Waals surface area contributed by atoms with E-state index in [4.69, 9.17) is 14.2 Å². The van der Waals surface area contributed by atoms with Crippen molar-refractivity contribution in [1.82, 2.24) is 0 Å². The van der Waals surface area contributed by atoms with Crippen molar-refractivity contribution in [3.8, 4) is 17.2 Å². The zero-order valence-corrected chi connectivity index (χ0v) is 17.7. The second-order valence-electron chi connectivity index (χ2n) is 7.94. The van der Waals surface area contributed by atoms with Gasteiger partial charge >= 0.3 is 0 Å². The fraction of sp³-hybridized carbons (Fsp3) is 0.435. The molecular formula is C23H31N3O4+2. The fourth-order valence-electron chi connectivity index (χ4n) is 4.11. The minimum atomic E-state index is -0.0799. The SMILES string of the molecule is CCOc1ccc(NC(=O)[C@@H](C)[NH+]2CC[NH+](Cc3ccc4c(c3)OCO4)CC2)cc1. The van der Waals surface area contributed by atoms with E-state index in [1.54, 1.807) is 0 Å². The van der Waals surface area contributed by atoms with E-state index in [1.807, 2.05) is 44.2 Å². The summed E-state index contributed by atoms with van der Waals surface area (Å²) in [6.45, 7) is 9.94. The lowest BCUT2D eigenvalue weighted by atomic mass is 10.1. The molecular weight excluding hydrogens is 382 g/mol. The number of piperazine rings is 1. The van der Waals surface area contributed by atoms with Crippen molar-refractivity contribution in [2.24, 2.45) is 0 Å². The second-order valence-corrected chi connectivity index (χ2v) is 7.94. The average Bonchev–Trinajstić information content (AvgIpc) is 3.23. The van der Waals surface area contributed by atoms with E-state index in [-0.39, 0.29) is 11.9 Å². The molecule has 160 valence electrons. The lowest BCUT2D eigenvalue weighted by Gasteiger charge is -2.32. The van der Waals surface area contributed by atoms with E-state index in [0.717, 1.165) is 55.7 Å². The molecule has 4 rings (SSSR count). The summed E-state index contributed by atoms with van der Waals surface area (Å²) in [5.74, 6) is 2.55. The third kappa shape index (κ3) is 4.86. The molecule has 1 saturated heterocycles. The second kappa shape index (κ2) is 9.36. The van der Waals surface area contributed by atoms with Crippen LogP contribution in [0.4, 0.5) is 5.69 Å². The zero-order chi connectivity index (χ0) is 20.9. The van der Waals surface area contributed by atoms with Crippen molar-refractivity contribution < 1.29 is 28.8 Å². The number of fused-ring (bicyclic) bond motifs is 1. The van der Waals surface area contributed by atoms with E-state index < -0.39 is 0 Å². The number of carbonyl (C=O) groups excluding carboxylic acids is 1. The highest BCUT2D eigenvalue weighted by atomic mass is 16.7. The van der Waals surface area contributed by atoms with Crippen LogP contribution < -0.4 is 29.3 Å². The predicted molar refractivity (Wildman–Crippen MR) is 113 cm³/mol. The van der Waals surface area contributed by atoms with Crippen molar-refractivity contribution in [1.29, 1.82) is 0 Å². The smallest absolute Gasteiger partial charge is 0.282 e. The van der Waals surface area contributed by atoms with E-state index in [2.05, 4.69) is 17.4 Å². The molecule has 2 heterocycles. The zero-order valence-electron chi connectivity index (χ0n) is 17.7. The Morgan fingerprint density at radius 2 is 1.80 bits per heavy atom. The summed E-state index contributed by atoms with van der Waals surface area (Å²) < 4.78 is 16.3. The fourth-order valence-corrected chi connectivity index (χ4v) is 4.11. The number of hydrogen-bond acceptors (Lipinski definition) is 4. The minimum Gasteiger partial charge on any atom is -0.494 e. The van der Waals surface area contributed by atoms with Gasteiger partial charge in [-0.05, 0) is 56.3 Å². The molecule has 0 aliphatic carbocycles. The number of hydrogen-bond donors (Lipinski definition) is 3. The number of ether oxygens (including phenoxy) is 3. The van der Waals surface area contributed by atoms with Crippen LogP contribution in [0.1, 0.15) is 19.4 Å². The van der Waals surface area contributed by atoms with Gasteiger partial charge in [0.2, 0.25) is 6.79 Å². The Labute approximate surface area is 177 Å². The summed E-state index contributed by atoms with van der Waals surface area (Å²) in [6.07, 6.45) is 0. The molecule has 2 aromatic carbocycles. The first-order valence-electron chi connectivity index (χ1n) is 10.7. The van der Waals surface area contributed by atoms with Gasteiger partial charge in [-0.15, -0.1) is 0 Å². The van der Waals surface area contributed by atoms with Gasteiger partial charge in [-0.25, -0.2) is 0 Å². The van der Waals surface area contributed by atoms with Gasteiger partial charge in [0.15, 0.2) is 17.5 Å². The maximum atomic E-state index is 12.7. The number of anilines is 1. The number of carbonyl (C=O) groups is 1. The van der Waals surface area contributed by atoms with Crippen LogP contribution in [0.5, 0.6) is 17.2 Å². The van der Waals surface area contributed by atoms with E-state index in [9.17, 15) is 4.79 Å². The van der Waals surface area contributed by atoms with Crippen LogP contribution >= 0.6 is 0 Å². The Kier molecular flexibility index (Phi) is 6.40. The van der Waals surface area contributed by atoms with Crippen molar-refractivity contribution in [3.63, 3.8) is 0 Å². The Morgan fingerprint density at radius 1 is 1.07 bits per heavy atom. The predicted octanol–water partition coefficient (Wildman–Crippen LogP) is 0.125. The molecule has 3 N–H and O–H groups in total. The van der Waals surface area contributed by atoms with Gasteiger partial charge in [-0.3, -0.25) is 4.79 Å². The number of rotatable bonds is 7. The van der Waals surface area contributed by atoms with Crippen molar-refractivity contribution >= 4 is 11.6 Å². The van der Waals surface area contributed by atoms with E-state index in [0.29, 0.717) is 13.4 Å². The lowest BCUT2D eigenvalue weighted by molar-refractivity contribution is -1.02. The first-order chi connectivity index (χ1) is 14.6. The molecule has 7 heteroatoms. The Morgan fingerprint density at radius 3 is 2.53 bits per heavy atom. The number of benzene rings is 2. The monoisotopic (exact) mass is 413 g/mol. The first-order valence-corrected chi connectivity index (χ1v) is 10.7. The molecule has 2 aliphatic heterocycles. The van der Waals surface area contributed by atoms with Crippen LogP contribution in [-0.2, 0) is 11.3 Å². The van der Waals surface area contributed by atoms with Crippen LogP contribution in [0.2, 0.25) is 0 Å². The molecule has 0 spiro atoms. The largest absolute Gasteiger partial charge is 0.494 e. The minimum absolute atomic E-state index is 0.0633. The highest BCUT2D eigenvalue weighted by Gasteiger charge is 2.31. The van der Waals surface area contributed by atoms with Crippen molar-refractivity contribution in [3.05, 3.63) is 48.0 Å². The molecule has 0 saturated carbocycles. The molecule has 0 aromatic heterocycles. The van der Waals surface area contributed by atoms with Crippen LogP contribution in [0.25, 0.3) is 0 Å². The highest BCUT2D eigenvalue weighted by Crippen LogP contribution is 2.32. The quantitative estimate of drug-likeness (QED) is 0.604. The summed E-state index contributed by atoms with van der Waals surface area (Å²) in [6, 6.07) is 13.7. The molecule has 0 bridgehead atoms. The Bertz CT molecular complexity index is 863. The Hall–Kier alpha value is -2.77. The van der Waals surface area contributed by atoms with Gasteiger partial charge in [0, 0.05) is 11.3 Å². The molecule has 2 aliphatic rings. The average molecular weight is 414 g/mol. The summed E-state index contributed by atoms with van der Waals surface area (Å²) in [5.41, 5.74) is 2.07. The van der Waals surface area contributed by atoms with Gasteiger partial charge < -0.3 is 29.3 Å². The number of quaternary nitrogens is 2. The molecule has 7 nitrogen and oxygen atoms in total. The van der Waals surface area contributed by atoms with Gasteiger partial charge in [0.05, 0.1) is 6.61 Å². The molecule has 2 aromatic rings. The van der Waals surface area contributed by atoms with Crippen LogP contribution in [0, 0.1) is 0 Å². The Balaban J connectivity index is 1.25. The summed E-state index contributed by atoms with van der Waals surface area (Å²) in [5, 5.41) is 3.04. The first kappa shape index (κ1) is 20.5. The maximum Gasteiger partial charge on any atom is 0.282 e. The van der Waals surface area contributed by atoms with Gasteiger partial charge in [0.1, 0.15) is 38.5 Å². The molecule has 1 atom stereocenters. The molecule has 1 fully saturated rings. The summed E-state index contributed by atoms with van der Waals surface area (Å²) >= 11 is 0. The molecule has 0 unspecified atom stereocenters. The lowest BCUT2D eigenvalue weighted by Crippen LogP contribution is -3.29. The number of nitrogens with one attached hydrogen (secondary N) is 3. The van der Waals surface area contributed by atoms with E-state index >= 15 is 0 Å². The topological polar surface area (TPSA) is 65.7 Å². The van der Waals surface area contributed by atoms with Crippen LogP contribution in [0.3, 0.4) is 0 Å². The summed E-state index contributed by atoms with van der Waals surface area (Å²) in [4.78, 5) is 15.6. The normalized spacial score (nSPS) is 21.1. The van der Waals surface area contributed by atoms with E-state index in [1.165, 1.54) is 15.4 Å². The maximum absolute atomic E-state index is 12.7. The third-order valence-corrected chi connectivity index (χ3v) is 5.93. The third-order valence-electron chi connectivity index (χ3n) is 5.93. The van der Waals surface area contributed by atoms with Crippen LogP contribution in [0.15, 0.2) is 42.5 Å². The summed E-state index contributed by atoms with van der Waals surface area (Å²) in [7, 11) is 0.